The fourth-order valence-corrected chi connectivity index (χ4v) is 7.66. The lowest BCUT2D eigenvalue weighted by molar-refractivity contribution is -0.151. The number of hydrogen-bond donors (Lipinski definition) is 1. The fourth-order valence-electron chi connectivity index (χ4n) is 7.66. The van der Waals surface area contributed by atoms with Crippen LogP contribution in [0.1, 0.15) is 259 Å². The third-order valence-corrected chi connectivity index (χ3v) is 11.2. The van der Waals surface area contributed by atoms with E-state index in [0.717, 1.165) is 83.8 Å². The van der Waals surface area contributed by atoms with Crippen LogP contribution in [0.5, 0.6) is 0 Å². The van der Waals surface area contributed by atoms with Gasteiger partial charge in [-0.15, -0.1) is 0 Å². The van der Waals surface area contributed by atoms with Crippen LogP contribution in [0.3, 0.4) is 0 Å². The van der Waals surface area contributed by atoms with E-state index in [2.05, 4.69) is 32.6 Å². The van der Waals surface area contributed by atoms with E-state index in [1.54, 1.807) is 0 Å². The zero-order valence-electron chi connectivity index (χ0n) is 37.0. The van der Waals surface area contributed by atoms with E-state index in [9.17, 15) is 14.7 Å². The van der Waals surface area contributed by atoms with E-state index >= 15 is 0 Å². The van der Waals surface area contributed by atoms with Gasteiger partial charge in [0.15, 0.2) is 0 Å². The second kappa shape index (κ2) is 43.0. The molecule has 0 amide bonds. The van der Waals surface area contributed by atoms with Crippen molar-refractivity contribution in [3.63, 3.8) is 0 Å². The van der Waals surface area contributed by atoms with Gasteiger partial charge in [0.2, 0.25) is 0 Å². The third kappa shape index (κ3) is 37.8. The van der Waals surface area contributed by atoms with Gasteiger partial charge in [0.25, 0.3) is 0 Å². The van der Waals surface area contributed by atoms with E-state index in [1.807, 2.05) is 0 Å². The van der Waals surface area contributed by atoms with Crippen molar-refractivity contribution in [2.45, 2.75) is 271 Å². The maximum Gasteiger partial charge on any atom is 0.306 e. The van der Waals surface area contributed by atoms with Gasteiger partial charge in [0.1, 0.15) is 12.2 Å². The lowest BCUT2D eigenvalue weighted by atomic mass is 10.0. The van der Waals surface area contributed by atoms with Crippen molar-refractivity contribution in [3.8, 4) is 0 Å². The Hall–Kier alpha value is -1.14. The zero-order chi connectivity index (χ0) is 39.6. The molecule has 0 radical (unpaired) electrons. The number of aliphatic hydroxyl groups is 1. The minimum absolute atomic E-state index is 0.0144. The third-order valence-electron chi connectivity index (χ3n) is 11.2. The number of ether oxygens (including phenoxy) is 2. The van der Waals surface area contributed by atoms with Gasteiger partial charge >= 0.3 is 11.9 Å². The summed E-state index contributed by atoms with van der Waals surface area (Å²) >= 11 is 0. The molecule has 6 nitrogen and oxygen atoms in total. The van der Waals surface area contributed by atoms with Gasteiger partial charge in [-0.25, -0.2) is 0 Å². The lowest BCUT2D eigenvalue weighted by Gasteiger charge is -2.21. The predicted octanol–water partition coefficient (Wildman–Crippen LogP) is 14.2. The maximum absolute atomic E-state index is 12.6. The molecule has 0 aromatic heterocycles. The summed E-state index contributed by atoms with van der Waals surface area (Å²) in [6, 6.07) is 0. The first-order valence-corrected chi connectivity index (χ1v) is 24.2. The maximum atomic E-state index is 12.6. The Morgan fingerprint density at radius 1 is 0.389 bits per heavy atom. The Kier molecular flexibility index (Phi) is 42.1. The molecule has 322 valence electrons. The molecule has 0 aliphatic rings. The smallest absolute Gasteiger partial charge is 0.306 e. The summed E-state index contributed by atoms with van der Waals surface area (Å²) < 4.78 is 11.9. The molecule has 6 heteroatoms. The SMILES string of the molecule is CCCCCCCCC(CCCCCC)OC(=O)CCCCCCCN(CCO)CCCCCCCCCC(=O)OC(CCCCCC)CCCCCC. The van der Waals surface area contributed by atoms with Crippen LogP contribution in [0, 0.1) is 0 Å². The molecule has 0 spiro atoms. The van der Waals surface area contributed by atoms with Crippen molar-refractivity contribution in [2.75, 3.05) is 26.2 Å². The Bertz CT molecular complexity index is 764. The number of rotatable bonds is 44. The second-order valence-electron chi connectivity index (χ2n) is 16.6. The summed E-state index contributed by atoms with van der Waals surface area (Å²) in [7, 11) is 0. The molecule has 0 aromatic carbocycles. The number of aliphatic hydroxyl groups excluding tert-OH is 1. The molecule has 0 aromatic rings. The quantitative estimate of drug-likeness (QED) is 0.0492. The Balaban J connectivity index is 4.03. The molecule has 1 N–H and O–H groups in total. The topological polar surface area (TPSA) is 76.1 Å². The molecule has 0 bridgehead atoms. The van der Waals surface area contributed by atoms with Crippen LogP contribution >= 0.6 is 0 Å². The fraction of sp³-hybridized carbons (Fsp3) is 0.958. The first-order chi connectivity index (χ1) is 26.5. The van der Waals surface area contributed by atoms with Gasteiger partial charge in [0.05, 0.1) is 6.61 Å². The number of carbonyl (C=O) groups is 2. The summed E-state index contributed by atoms with van der Waals surface area (Å²) in [5.41, 5.74) is 0. The molecule has 1 unspecified atom stereocenters. The molecule has 0 aliphatic carbocycles. The van der Waals surface area contributed by atoms with Crippen molar-refractivity contribution in [2.24, 2.45) is 0 Å². The van der Waals surface area contributed by atoms with Crippen LogP contribution in [0.2, 0.25) is 0 Å². The van der Waals surface area contributed by atoms with Crippen LogP contribution in [0.15, 0.2) is 0 Å². The number of hydrogen-bond acceptors (Lipinski definition) is 6. The van der Waals surface area contributed by atoms with Crippen molar-refractivity contribution in [1.82, 2.24) is 4.90 Å². The highest BCUT2D eigenvalue weighted by Gasteiger charge is 2.15. The highest BCUT2D eigenvalue weighted by Crippen LogP contribution is 2.19. The molecule has 0 rings (SSSR count). The number of nitrogens with zero attached hydrogens (tertiary/aromatic N) is 1. The van der Waals surface area contributed by atoms with E-state index in [-0.39, 0.29) is 30.8 Å². The first kappa shape index (κ1) is 52.9. The average Bonchev–Trinajstić information content (AvgIpc) is 3.16. The zero-order valence-corrected chi connectivity index (χ0v) is 37.0. The molecule has 0 fully saturated rings. The molecular weight excluding hydrogens is 671 g/mol. The van der Waals surface area contributed by atoms with Gasteiger partial charge in [-0.1, -0.05) is 169 Å². The average molecular weight is 766 g/mol. The molecular formula is C48H95NO5. The molecule has 0 saturated heterocycles. The van der Waals surface area contributed by atoms with E-state index in [4.69, 9.17) is 9.47 Å². The van der Waals surface area contributed by atoms with E-state index < -0.39 is 0 Å². The van der Waals surface area contributed by atoms with Gasteiger partial charge in [-0.2, -0.15) is 0 Å². The van der Waals surface area contributed by atoms with Crippen LogP contribution < -0.4 is 0 Å². The standard InChI is InChI=1S/C48H95NO5/c1-5-9-13-17-22-30-38-46(37-29-16-12-8-4)54-48(52)40-32-24-21-26-34-42-49(43-44-50)41-33-25-20-18-19-23-31-39-47(51)53-45(35-27-14-10-6-2)36-28-15-11-7-3/h45-46,50H,5-44H2,1-4H3. The Morgan fingerprint density at radius 2 is 0.667 bits per heavy atom. The van der Waals surface area contributed by atoms with Crippen molar-refractivity contribution < 1.29 is 24.2 Å². The largest absolute Gasteiger partial charge is 0.462 e. The van der Waals surface area contributed by atoms with Gasteiger partial charge < -0.3 is 19.5 Å². The van der Waals surface area contributed by atoms with Crippen LogP contribution in [0.4, 0.5) is 0 Å². The van der Waals surface area contributed by atoms with Crippen LogP contribution in [-0.2, 0) is 19.1 Å². The summed E-state index contributed by atoms with van der Waals surface area (Å²) in [6.07, 6.45) is 41.7. The minimum Gasteiger partial charge on any atom is -0.462 e. The minimum atomic E-state index is 0.0144. The number of unbranched alkanes of at least 4 members (excludes halogenated alkanes) is 24. The van der Waals surface area contributed by atoms with Crippen molar-refractivity contribution >= 4 is 11.9 Å². The van der Waals surface area contributed by atoms with Crippen LogP contribution in [0.25, 0.3) is 0 Å². The highest BCUT2D eigenvalue weighted by molar-refractivity contribution is 5.69. The molecule has 0 heterocycles. The monoisotopic (exact) mass is 766 g/mol. The summed E-state index contributed by atoms with van der Waals surface area (Å²) in [6.45, 7) is 12.1. The van der Waals surface area contributed by atoms with Gasteiger partial charge in [0, 0.05) is 19.4 Å². The molecule has 54 heavy (non-hydrogen) atoms. The number of carbonyl (C=O) groups excluding carboxylic acids is 2. The van der Waals surface area contributed by atoms with Gasteiger partial charge in [-0.3, -0.25) is 9.59 Å². The summed E-state index contributed by atoms with van der Waals surface area (Å²) in [5, 5.41) is 9.59. The normalized spacial score (nSPS) is 12.2. The Labute approximate surface area is 337 Å². The Morgan fingerprint density at radius 3 is 1.00 bits per heavy atom. The second-order valence-corrected chi connectivity index (χ2v) is 16.6. The summed E-state index contributed by atoms with van der Waals surface area (Å²) in [5.74, 6) is 0.0334. The molecule has 0 saturated carbocycles. The van der Waals surface area contributed by atoms with E-state index in [0.29, 0.717) is 12.8 Å². The predicted molar refractivity (Wildman–Crippen MR) is 232 cm³/mol. The summed E-state index contributed by atoms with van der Waals surface area (Å²) in [4.78, 5) is 27.6. The molecule has 0 aliphatic heterocycles. The number of esters is 2. The van der Waals surface area contributed by atoms with E-state index in [1.165, 1.54) is 154 Å². The van der Waals surface area contributed by atoms with Crippen molar-refractivity contribution in [1.29, 1.82) is 0 Å². The van der Waals surface area contributed by atoms with Crippen molar-refractivity contribution in [3.05, 3.63) is 0 Å². The molecule has 1 atom stereocenters. The highest BCUT2D eigenvalue weighted by atomic mass is 16.5. The first-order valence-electron chi connectivity index (χ1n) is 24.2. The van der Waals surface area contributed by atoms with Gasteiger partial charge in [-0.05, 0) is 90.1 Å². The lowest BCUT2D eigenvalue weighted by Crippen LogP contribution is -2.29. The van der Waals surface area contributed by atoms with Crippen LogP contribution in [-0.4, -0.2) is 60.4 Å².